The van der Waals surface area contributed by atoms with Crippen molar-refractivity contribution < 1.29 is 9.18 Å². The molecule has 0 spiro atoms. The van der Waals surface area contributed by atoms with E-state index in [4.69, 9.17) is 0 Å². The Bertz CT molecular complexity index is 1260. The predicted octanol–water partition coefficient (Wildman–Crippen LogP) is 3.50. The van der Waals surface area contributed by atoms with Crippen molar-refractivity contribution in [3.8, 4) is 5.69 Å². The first-order valence-electron chi connectivity index (χ1n) is 9.00. The lowest BCUT2D eigenvalue weighted by molar-refractivity contribution is -0.116. The number of rotatable bonds is 5. The molecular weight excluding hydrogens is 393 g/mol. The molecule has 0 radical (unpaired) electrons. The molecule has 0 saturated heterocycles. The lowest BCUT2D eigenvalue weighted by atomic mass is 10.2. The Hall–Kier alpha value is -3.33. The number of amides is 1. The van der Waals surface area contributed by atoms with Crippen LogP contribution in [0.1, 0.15) is 22.7 Å². The van der Waals surface area contributed by atoms with Crippen molar-refractivity contribution in [1.29, 1.82) is 0 Å². The SMILES string of the molecule is Cc1sc2nc(CCC(=O)Nc3ccc(-n4cccn4)c(F)c3)[nH]c(=O)c2c1C. The van der Waals surface area contributed by atoms with Crippen LogP contribution in [0, 0.1) is 19.7 Å². The number of aromatic amines is 1. The maximum absolute atomic E-state index is 14.3. The van der Waals surface area contributed by atoms with Gasteiger partial charge in [0.05, 0.1) is 5.39 Å². The van der Waals surface area contributed by atoms with Crippen molar-refractivity contribution >= 4 is 33.1 Å². The van der Waals surface area contributed by atoms with E-state index in [0.717, 1.165) is 10.4 Å². The van der Waals surface area contributed by atoms with Crippen LogP contribution in [0.5, 0.6) is 0 Å². The van der Waals surface area contributed by atoms with Gasteiger partial charge in [-0.05, 0) is 43.7 Å². The zero-order chi connectivity index (χ0) is 20.5. The number of thiophene rings is 1. The van der Waals surface area contributed by atoms with Gasteiger partial charge in [0.15, 0.2) is 5.82 Å². The van der Waals surface area contributed by atoms with Gasteiger partial charge < -0.3 is 10.3 Å². The van der Waals surface area contributed by atoms with Gasteiger partial charge in [0, 0.05) is 35.8 Å². The number of benzene rings is 1. The van der Waals surface area contributed by atoms with E-state index in [1.807, 2.05) is 13.8 Å². The van der Waals surface area contributed by atoms with E-state index in [-0.39, 0.29) is 24.3 Å². The van der Waals surface area contributed by atoms with Gasteiger partial charge in [-0.1, -0.05) is 0 Å². The summed E-state index contributed by atoms with van der Waals surface area (Å²) >= 11 is 1.47. The molecule has 0 aliphatic rings. The van der Waals surface area contributed by atoms with Gasteiger partial charge in [0.2, 0.25) is 5.91 Å². The highest BCUT2D eigenvalue weighted by Crippen LogP contribution is 2.25. The molecule has 0 fully saturated rings. The molecule has 29 heavy (non-hydrogen) atoms. The smallest absolute Gasteiger partial charge is 0.259 e. The summed E-state index contributed by atoms with van der Waals surface area (Å²) in [6.07, 6.45) is 3.59. The number of hydrogen-bond donors (Lipinski definition) is 2. The van der Waals surface area contributed by atoms with E-state index in [9.17, 15) is 14.0 Å². The highest BCUT2D eigenvalue weighted by Gasteiger charge is 2.13. The van der Waals surface area contributed by atoms with Gasteiger partial charge in [-0.2, -0.15) is 5.10 Å². The second kappa shape index (κ2) is 7.59. The van der Waals surface area contributed by atoms with Crippen LogP contribution in [0.25, 0.3) is 15.9 Å². The number of aromatic nitrogens is 4. The molecule has 0 saturated carbocycles. The number of fused-ring (bicyclic) bond motifs is 1. The first-order chi connectivity index (χ1) is 13.9. The molecule has 0 bridgehead atoms. The van der Waals surface area contributed by atoms with Crippen LogP contribution in [0.15, 0.2) is 41.5 Å². The van der Waals surface area contributed by atoms with Crippen molar-refractivity contribution in [3.63, 3.8) is 0 Å². The quantitative estimate of drug-likeness (QED) is 0.526. The van der Waals surface area contributed by atoms with Gasteiger partial charge in [-0.15, -0.1) is 11.3 Å². The number of nitrogens with one attached hydrogen (secondary N) is 2. The zero-order valence-electron chi connectivity index (χ0n) is 15.8. The Kier molecular flexibility index (Phi) is 4.98. The topological polar surface area (TPSA) is 92.7 Å². The molecule has 7 nitrogen and oxygen atoms in total. The summed E-state index contributed by atoms with van der Waals surface area (Å²) in [6.45, 7) is 3.85. The molecule has 1 amide bonds. The van der Waals surface area contributed by atoms with E-state index in [1.165, 1.54) is 22.1 Å². The number of carbonyl (C=O) groups is 1. The number of hydrogen-bond acceptors (Lipinski definition) is 5. The molecule has 0 unspecified atom stereocenters. The van der Waals surface area contributed by atoms with Gasteiger partial charge in [0.1, 0.15) is 16.3 Å². The number of H-pyrrole nitrogens is 1. The van der Waals surface area contributed by atoms with E-state index >= 15 is 0 Å². The molecule has 4 rings (SSSR count). The molecule has 148 valence electrons. The highest BCUT2D eigenvalue weighted by molar-refractivity contribution is 7.18. The molecule has 3 heterocycles. The Labute approximate surface area is 169 Å². The standard InChI is InChI=1S/C20H18FN5O2S/c1-11-12(2)29-20-18(11)19(28)24-16(25-20)6-7-17(27)23-13-4-5-15(14(21)10-13)26-9-3-8-22-26/h3-5,8-10H,6-7H2,1-2H3,(H,23,27)(H,24,25,28). The Morgan fingerprint density at radius 2 is 2.17 bits per heavy atom. The fourth-order valence-corrected chi connectivity index (χ4v) is 4.10. The molecule has 1 aromatic carbocycles. The third kappa shape index (κ3) is 3.81. The maximum Gasteiger partial charge on any atom is 0.259 e. The van der Waals surface area contributed by atoms with Crippen LogP contribution in [0.2, 0.25) is 0 Å². The Morgan fingerprint density at radius 3 is 2.90 bits per heavy atom. The molecule has 0 aliphatic heterocycles. The minimum Gasteiger partial charge on any atom is -0.326 e. The summed E-state index contributed by atoms with van der Waals surface area (Å²) in [6, 6.07) is 6.11. The fourth-order valence-electron chi connectivity index (χ4n) is 3.05. The number of anilines is 1. The van der Waals surface area contributed by atoms with E-state index in [2.05, 4.69) is 20.4 Å². The molecule has 2 N–H and O–H groups in total. The second-order valence-corrected chi connectivity index (χ2v) is 7.84. The van der Waals surface area contributed by atoms with Crippen molar-refractivity contribution in [2.45, 2.75) is 26.7 Å². The predicted molar refractivity (Wildman–Crippen MR) is 110 cm³/mol. The molecule has 9 heteroatoms. The maximum atomic E-state index is 14.3. The number of halogens is 1. The summed E-state index contributed by atoms with van der Waals surface area (Å²) in [4.78, 5) is 33.5. The largest absolute Gasteiger partial charge is 0.326 e. The molecule has 3 aromatic heterocycles. The summed E-state index contributed by atoms with van der Waals surface area (Å²) in [5.74, 6) is -0.331. The second-order valence-electron chi connectivity index (χ2n) is 6.64. The molecule has 0 atom stereocenters. The monoisotopic (exact) mass is 411 g/mol. The average Bonchev–Trinajstić information content (AvgIpc) is 3.29. The number of aryl methyl sites for hydroxylation is 3. The Balaban J connectivity index is 1.43. The number of carbonyl (C=O) groups excluding carboxylic acids is 1. The summed E-state index contributed by atoms with van der Waals surface area (Å²) in [7, 11) is 0. The summed E-state index contributed by atoms with van der Waals surface area (Å²) in [5.41, 5.74) is 1.39. The molecule has 4 aromatic rings. The normalized spacial score (nSPS) is 11.1. The van der Waals surface area contributed by atoms with Crippen molar-refractivity contribution in [1.82, 2.24) is 19.7 Å². The van der Waals surface area contributed by atoms with Crippen LogP contribution in [-0.4, -0.2) is 25.7 Å². The van der Waals surface area contributed by atoms with Gasteiger partial charge >= 0.3 is 0 Å². The third-order valence-electron chi connectivity index (χ3n) is 4.66. The number of nitrogens with zero attached hydrogens (tertiary/aromatic N) is 3. The van der Waals surface area contributed by atoms with Crippen LogP contribution in [0.3, 0.4) is 0 Å². The fraction of sp³-hybridized carbons (Fsp3) is 0.200. The molecular formula is C20H18FN5O2S. The van der Waals surface area contributed by atoms with Gasteiger partial charge in [0.25, 0.3) is 5.56 Å². The minimum atomic E-state index is -0.494. The van der Waals surface area contributed by atoms with Crippen LogP contribution in [0.4, 0.5) is 10.1 Å². The minimum absolute atomic E-state index is 0.111. The summed E-state index contributed by atoms with van der Waals surface area (Å²) < 4.78 is 15.7. The van der Waals surface area contributed by atoms with Crippen molar-refractivity contribution in [2.24, 2.45) is 0 Å². The van der Waals surface area contributed by atoms with Crippen molar-refractivity contribution in [2.75, 3.05) is 5.32 Å². The van der Waals surface area contributed by atoms with E-state index < -0.39 is 5.82 Å². The first-order valence-corrected chi connectivity index (χ1v) is 9.82. The van der Waals surface area contributed by atoms with Gasteiger partial charge in [-0.3, -0.25) is 9.59 Å². The lowest BCUT2D eigenvalue weighted by Gasteiger charge is -2.08. The van der Waals surface area contributed by atoms with Crippen LogP contribution in [-0.2, 0) is 11.2 Å². The van der Waals surface area contributed by atoms with Crippen LogP contribution < -0.4 is 10.9 Å². The summed E-state index contributed by atoms with van der Waals surface area (Å²) in [5, 5.41) is 7.26. The van der Waals surface area contributed by atoms with Crippen molar-refractivity contribution in [3.05, 3.63) is 69.1 Å². The van der Waals surface area contributed by atoms with Gasteiger partial charge in [-0.25, -0.2) is 14.1 Å². The van der Waals surface area contributed by atoms with E-state index in [0.29, 0.717) is 27.4 Å². The zero-order valence-corrected chi connectivity index (χ0v) is 16.6. The first kappa shape index (κ1) is 19.0. The lowest BCUT2D eigenvalue weighted by Crippen LogP contribution is -2.16. The van der Waals surface area contributed by atoms with E-state index in [1.54, 1.807) is 30.6 Å². The third-order valence-corrected chi connectivity index (χ3v) is 5.76. The average molecular weight is 411 g/mol. The Morgan fingerprint density at radius 1 is 1.34 bits per heavy atom. The molecule has 0 aliphatic carbocycles. The highest BCUT2D eigenvalue weighted by atomic mass is 32.1. The van der Waals surface area contributed by atoms with Crippen LogP contribution >= 0.6 is 11.3 Å².